The zero-order chi connectivity index (χ0) is 10.7. The third-order valence-electron chi connectivity index (χ3n) is 2.60. The smallest absolute Gasteiger partial charge is 0.123 e. The first-order valence-electron chi connectivity index (χ1n) is 5.10. The minimum absolute atomic E-state index is 0.229. The monoisotopic (exact) mass is 210 g/mol. The Morgan fingerprint density at radius 3 is 2.80 bits per heavy atom. The van der Waals surface area contributed by atoms with Crippen molar-refractivity contribution >= 4 is 5.69 Å². The van der Waals surface area contributed by atoms with Crippen LogP contribution in [0.15, 0.2) is 18.2 Å². The van der Waals surface area contributed by atoms with Crippen molar-refractivity contribution in [1.82, 2.24) is 4.90 Å². The molecule has 4 heteroatoms. The van der Waals surface area contributed by atoms with E-state index in [2.05, 4.69) is 4.90 Å². The fourth-order valence-electron chi connectivity index (χ4n) is 1.71. The van der Waals surface area contributed by atoms with Crippen molar-refractivity contribution in [2.45, 2.75) is 6.54 Å². The molecule has 82 valence electrons. The summed E-state index contributed by atoms with van der Waals surface area (Å²) in [5.74, 6) is -0.229. The molecule has 1 fully saturated rings. The summed E-state index contributed by atoms with van der Waals surface area (Å²) in [6.45, 7) is 3.96. The van der Waals surface area contributed by atoms with E-state index in [0.29, 0.717) is 12.2 Å². The van der Waals surface area contributed by atoms with Gasteiger partial charge in [0.2, 0.25) is 0 Å². The number of anilines is 1. The number of nitrogens with zero attached hydrogens (tertiary/aromatic N) is 1. The van der Waals surface area contributed by atoms with E-state index in [1.807, 2.05) is 0 Å². The molecule has 0 aliphatic carbocycles. The molecule has 0 spiro atoms. The lowest BCUT2D eigenvalue weighted by Gasteiger charge is -2.27. The summed E-state index contributed by atoms with van der Waals surface area (Å²) in [4.78, 5) is 2.22. The van der Waals surface area contributed by atoms with Crippen LogP contribution in [0.5, 0.6) is 0 Å². The standard InChI is InChI=1S/C11H15FN2O/c12-10-1-2-11(13)9(7-10)8-14-3-5-15-6-4-14/h1-2,7H,3-6,8,13H2. The second kappa shape index (κ2) is 4.59. The van der Waals surface area contributed by atoms with Gasteiger partial charge in [0.15, 0.2) is 0 Å². The van der Waals surface area contributed by atoms with E-state index in [-0.39, 0.29) is 5.82 Å². The van der Waals surface area contributed by atoms with Gasteiger partial charge in [-0.2, -0.15) is 0 Å². The summed E-state index contributed by atoms with van der Waals surface area (Å²) in [5.41, 5.74) is 7.30. The molecule has 15 heavy (non-hydrogen) atoms. The molecule has 0 aromatic heterocycles. The van der Waals surface area contributed by atoms with Crippen molar-refractivity contribution in [3.63, 3.8) is 0 Å². The van der Waals surface area contributed by atoms with Gasteiger partial charge in [-0.05, 0) is 23.8 Å². The lowest BCUT2D eigenvalue weighted by atomic mass is 10.1. The summed E-state index contributed by atoms with van der Waals surface area (Å²) in [7, 11) is 0. The Morgan fingerprint density at radius 1 is 1.33 bits per heavy atom. The minimum atomic E-state index is -0.229. The van der Waals surface area contributed by atoms with Gasteiger partial charge in [0.05, 0.1) is 13.2 Å². The lowest BCUT2D eigenvalue weighted by Crippen LogP contribution is -2.35. The van der Waals surface area contributed by atoms with Crippen LogP contribution in [0.4, 0.5) is 10.1 Å². The number of hydrogen-bond donors (Lipinski definition) is 1. The van der Waals surface area contributed by atoms with Crippen LogP contribution in [-0.4, -0.2) is 31.2 Å². The van der Waals surface area contributed by atoms with E-state index >= 15 is 0 Å². The van der Waals surface area contributed by atoms with Gasteiger partial charge in [-0.3, -0.25) is 4.90 Å². The quantitative estimate of drug-likeness (QED) is 0.746. The van der Waals surface area contributed by atoms with Gasteiger partial charge >= 0.3 is 0 Å². The number of hydrogen-bond acceptors (Lipinski definition) is 3. The van der Waals surface area contributed by atoms with Gasteiger partial charge in [-0.25, -0.2) is 4.39 Å². The highest BCUT2D eigenvalue weighted by atomic mass is 19.1. The zero-order valence-electron chi connectivity index (χ0n) is 8.58. The van der Waals surface area contributed by atoms with Crippen LogP contribution in [0.3, 0.4) is 0 Å². The summed E-state index contributed by atoms with van der Waals surface area (Å²) in [6.07, 6.45) is 0. The van der Waals surface area contributed by atoms with Gasteiger partial charge in [-0.15, -0.1) is 0 Å². The number of rotatable bonds is 2. The van der Waals surface area contributed by atoms with Crippen LogP contribution >= 0.6 is 0 Å². The lowest BCUT2D eigenvalue weighted by molar-refractivity contribution is 0.0342. The van der Waals surface area contributed by atoms with Gasteiger partial charge in [0.25, 0.3) is 0 Å². The van der Waals surface area contributed by atoms with Crippen molar-refractivity contribution in [3.05, 3.63) is 29.6 Å². The molecule has 0 atom stereocenters. The molecule has 1 heterocycles. The van der Waals surface area contributed by atoms with Crippen molar-refractivity contribution in [2.75, 3.05) is 32.0 Å². The first-order valence-corrected chi connectivity index (χ1v) is 5.10. The Bertz CT molecular complexity index is 337. The third-order valence-corrected chi connectivity index (χ3v) is 2.60. The van der Waals surface area contributed by atoms with Crippen LogP contribution in [0, 0.1) is 5.82 Å². The van der Waals surface area contributed by atoms with Crippen LogP contribution in [0.1, 0.15) is 5.56 Å². The maximum absolute atomic E-state index is 13.0. The number of nitrogens with two attached hydrogens (primary N) is 1. The van der Waals surface area contributed by atoms with Crippen LogP contribution in [0.2, 0.25) is 0 Å². The highest BCUT2D eigenvalue weighted by Crippen LogP contribution is 2.16. The number of halogens is 1. The highest BCUT2D eigenvalue weighted by Gasteiger charge is 2.12. The fraction of sp³-hybridized carbons (Fsp3) is 0.455. The predicted octanol–water partition coefficient (Wildman–Crippen LogP) is 1.24. The summed E-state index contributed by atoms with van der Waals surface area (Å²) >= 11 is 0. The molecular formula is C11H15FN2O. The number of nitrogen functional groups attached to an aromatic ring is 1. The highest BCUT2D eigenvalue weighted by molar-refractivity contribution is 5.46. The second-order valence-electron chi connectivity index (χ2n) is 3.73. The van der Waals surface area contributed by atoms with E-state index in [9.17, 15) is 4.39 Å². The Morgan fingerprint density at radius 2 is 2.07 bits per heavy atom. The summed E-state index contributed by atoms with van der Waals surface area (Å²) in [6, 6.07) is 4.51. The second-order valence-corrected chi connectivity index (χ2v) is 3.73. The SMILES string of the molecule is Nc1ccc(F)cc1CN1CCOCC1. The number of benzene rings is 1. The van der Waals surface area contributed by atoms with Crippen molar-refractivity contribution < 1.29 is 9.13 Å². The molecule has 0 radical (unpaired) electrons. The average Bonchev–Trinajstić information content (AvgIpc) is 2.25. The third kappa shape index (κ3) is 2.67. The Balaban J connectivity index is 2.05. The maximum Gasteiger partial charge on any atom is 0.123 e. The average molecular weight is 210 g/mol. The maximum atomic E-state index is 13.0. The van der Waals surface area contributed by atoms with E-state index in [0.717, 1.165) is 31.9 Å². The molecule has 1 aliphatic heterocycles. The van der Waals surface area contributed by atoms with Gasteiger partial charge in [0, 0.05) is 25.3 Å². The van der Waals surface area contributed by atoms with Crippen molar-refractivity contribution in [2.24, 2.45) is 0 Å². The largest absolute Gasteiger partial charge is 0.398 e. The normalized spacial score (nSPS) is 17.9. The van der Waals surface area contributed by atoms with Gasteiger partial charge < -0.3 is 10.5 Å². The van der Waals surface area contributed by atoms with E-state index in [1.54, 1.807) is 6.07 Å². The predicted molar refractivity (Wildman–Crippen MR) is 56.9 cm³/mol. The molecule has 0 bridgehead atoms. The molecule has 0 amide bonds. The molecule has 2 rings (SSSR count). The molecular weight excluding hydrogens is 195 g/mol. The Hall–Kier alpha value is -1.13. The van der Waals surface area contributed by atoms with Crippen LogP contribution in [-0.2, 0) is 11.3 Å². The molecule has 0 saturated carbocycles. The molecule has 2 N–H and O–H groups in total. The Kier molecular flexibility index (Phi) is 3.18. The molecule has 3 nitrogen and oxygen atoms in total. The molecule has 1 saturated heterocycles. The first-order chi connectivity index (χ1) is 7.25. The minimum Gasteiger partial charge on any atom is -0.398 e. The summed E-state index contributed by atoms with van der Waals surface area (Å²) in [5, 5.41) is 0. The van der Waals surface area contributed by atoms with Gasteiger partial charge in [0.1, 0.15) is 5.82 Å². The topological polar surface area (TPSA) is 38.5 Å². The van der Waals surface area contributed by atoms with Crippen LogP contribution < -0.4 is 5.73 Å². The van der Waals surface area contributed by atoms with E-state index in [1.165, 1.54) is 12.1 Å². The van der Waals surface area contributed by atoms with E-state index in [4.69, 9.17) is 10.5 Å². The number of morpholine rings is 1. The van der Waals surface area contributed by atoms with Crippen LogP contribution in [0.25, 0.3) is 0 Å². The molecule has 0 unspecified atom stereocenters. The fourth-order valence-corrected chi connectivity index (χ4v) is 1.71. The van der Waals surface area contributed by atoms with Crippen molar-refractivity contribution in [3.8, 4) is 0 Å². The molecule has 1 aromatic rings. The Labute approximate surface area is 88.6 Å². The molecule has 1 aliphatic rings. The van der Waals surface area contributed by atoms with Crippen molar-refractivity contribution in [1.29, 1.82) is 0 Å². The zero-order valence-corrected chi connectivity index (χ0v) is 8.58. The van der Waals surface area contributed by atoms with Gasteiger partial charge in [-0.1, -0.05) is 0 Å². The molecule has 1 aromatic carbocycles. The first kappa shape index (κ1) is 10.4. The summed E-state index contributed by atoms with van der Waals surface area (Å²) < 4.78 is 18.2. The van der Waals surface area contributed by atoms with E-state index < -0.39 is 0 Å². The number of ether oxygens (including phenoxy) is 1.